The molecular weight excluding hydrogens is 390 g/mol. The van der Waals surface area contributed by atoms with Gasteiger partial charge in [0.05, 0.1) is 10.6 Å². The standard InChI is InChI=1S/C18H20BrNO3S/c1-14-6-8-16(9-7-14)24(22,23)13-11-18(21)20-12-10-15-4-2-3-5-17(15)19/h2-9H,10-13H2,1H3,(H,20,21). The lowest BCUT2D eigenvalue weighted by Crippen LogP contribution is -2.27. The van der Waals surface area contributed by atoms with E-state index in [9.17, 15) is 13.2 Å². The minimum atomic E-state index is -3.42. The van der Waals surface area contributed by atoms with Crippen molar-refractivity contribution in [1.82, 2.24) is 5.32 Å². The van der Waals surface area contributed by atoms with Gasteiger partial charge in [0, 0.05) is 17.4 Å². The van der Waals surface area contributed by atoms with Gasteiger partial charge in [-0.3, -0.25) is 4.79 Å². The van der Waals surface area contributed by atoms with E-state index >= 15 is 0 Å². The molecule has 0 radical (unpaired) electrons. The average molecular weight is 410 g/mol. The van der Waals surface area contributed by atoms with Crippen LogP contribution in [0, 0.1) is 6.92 Å². The molecule has 0 aliphatic rings. The van der Waals surface area contributed by atoms with Gasteiger partial charge in [0.15, 0.2) is 9.84 Å². The van der Waals surface area contributed by atoms with Crippen LogP contribution in [0.1, 0.15) is 17.5 Å². The highest BCUT2D eigenvalue weighted by Crippen LogP contribution is 2.16. The Morgan fingerprint density at radius 3 is 2.42 bits per heavy atom. The molecule has 0 aromatic heterocycles. The van der Waals surface area contributed by atoms with Crippen molar-refractivity contribution < 1.29 is 13.2 Å². The maximum Gasteiger partial charge on any atom is 0.221 e. The van der Waals surface area contributed by atoms with Crippen molar-refractivity contribution in [2.75, 3.05) is 12.3 Å². The Hall–Kier alpha value is -1.66. The molecule has 2 aromatic carbocycles. The Balaban J connectivity index is 1.80. The highest BCUT2D eigenvalue weighted by Gasteiger charge is 2.16. The van der Waals surface area contributed by atoms with Crippen LogP contribution in [0.5, 0.6) is 0 Å². The molecule has 2 rings (SSSR count). The summed E-state index contributed by atoms with van der Waals surface area (Å²) < 4.78 is 25.4. The Bertz CT molecular complexity index is 801. The topological polar surface area (TPSA) is 63.2 Å². The first-order chi connectivity index (χ1) is 11.4. The van der Waals surface area contributed by atoms with Gasteiger partial charge in [-0.25, -0.2) is 8.42 Å². The van der Waals surface area contributed by atoms with E-state index in [-0.39, 0.29) is 23.0 Å². The van der Waals surface area contributed by atoms with Gasteiger partial charge in [-0.1, -0.05) is 51.8 Å². The molecule has 0 atom stereocenters. The molecule has 0 saturated heterocycles. The molecule has 0 bridgehead atoms. The van der Waals surface area contributed by atoms with Crippen molar-refractivity contribution in [3.63, 3.8) is 0 Å². The van der Waals surface area contributed by atoms with Crippen LogP contribution in [0.25, 0.3) is 0 Å². The van der Waals surface area contributed by atoms with Gasteiger partial charge in [-0.05, 0) is 37.1 Å². The third kappa shape index (κ3) is 5.46. The molecule has 1 amide bonds. The Kier molecular flexibility index (Phi) is 6.57. The largest absolute Gasteiger partial charge is 0.356 e. The van der Waals surface area contributed by atoms with E-state index in [4.69, 9.17) is 0 Å². The van der Waals surface area contributed by atoms with Gasteiger partial charge in [-0.2, -0.15) is 0 Å². The second kappa shape index (κ2) is 8.44. The molecule has 0 aliphatic heterocycles. The summed E-state index contributed by atoms with van der Waals surface area (Å²) in [6.07, 6.45) is 0.657. The highest BCUT2D eigenvalue weighted by atomic mass is 79.9. The van der Waals surface area contributed by atoms with Crippen LogP contribution in [-0.2, 0) is 21.1 Å². The van der Waals surface area contributed by atoms with Crippen molar-refractivity contribution >= 4 is 31.7 Å². The van der Waals surface area contributed by atoms with Crippen LogP contribution >= 0.6 is 15.9 Å². The van der Waals surface area contributed by atoms with Crippen LogP contribution in [0.4, 0.5) is 0 Å². The van der Waals surface area contributed by atoms with Crippen LogP contribution in [0.3, 0.4) is 0 Å². The number of hydrogen-bond acceptors (Lipinski definition) is 3. The number of carbonyl (C=O) groups excluding carboxylic acids is 1. The molecule has 0 fully saturated rings. The summed E-state index contributed by atoms with van der Waals surface area (Å²) in [5, 5.41) is 2.77. The molecule has 0 heterocycles. The molecule has 0 spiro atoms. The summed E-state index contributed by atoms with van der Waals surface area (Å²) >= 11 is 3.46. The molecule has 2 aromatic rings. The number of sulfone groups is 1. The smallest absolute Gasteiger partial charge is 0.221 e. The van der Waals surface area contributed by atoms with Crippen molar-refractivity contribution in [2.45, 2.75) is 24.7 Å². The lowest BCUT2D eigenvalue weighted by molar-refractivity contribution is -0.120. The van der Waals surface area contributed by atoms with Gasteiger partial charge in [0.25, 0.3) is 0 Å². The first kappa shape index (κ1) is 18.7. The second-order valence-electron chi connectivity index (χ2n) is 5.57. The lowest BCUT2D eigenvalue weighted by Gasteiger charge is -2.08. The van der Waals surface area contributed by atoms with Crippen LogP contribution in [-0.4, -0.2) is 26.6 Å². The van der Waals surface area contributed by atoms with E-state index in [1.807, 2.05) is 31.2 Å². The van der Waals surface area contributed by atoms with Gasteiger partial charge in [0.2, 0.25) is 5.91 Å². The number of hydrogen-bond donors (Lipinski definition) is 1. The molecule has 4 nitrogen and oxygen atoms in total. The highest BCUT2D eigenvalue weighted by molar-refractivity contribution is 9.10. The fraction of sp³-hybridized carbons (Fsp3) is 0.278. The first-order valence-corrected chi connectivity index (χ1v) is 10.1. The van der Waals surface area contributed by atoms with Crippen molar-refractivity contribution in [3.05, 3.63) is 64.1 Å². The number of carbonyl (C=O) groups is 1. The number of benzene rings is 2. The molecule has 128 valence electrons. The van der Waals surface area contributed by atoms with Crippen molar-refractivity contribution in [1.29, 1.82) is 0 Å². The zero-order valence-electron chi connectivity index (χ0n) is 13.5. The van der Waals surface area contributed by atoms with Gasteiger partial charge in [0.1, 0.15) is 0 Å². The zero-order chi connectivity index (χ0) is 17.6. The van der Waals surface area contributed by atoms with Crippen LogP contribution < -0.4 is 5.32 Å². The van der Waals surface area contributed by atoms with Crippen LogP contribution in [0.2, 0.25) is 0 Å². The van der Waals surface area contributed by atoms with E-state index in [1.54, 1.807) is 24.3 Å². The summed E-state index contributed by atoms with van der Waals surface area (Å²) in [4.78, 5) is 12.1. The number of amides is 1. The molecule has 0 unspecified atom stereocenters. The molecule has 6 heteroatoms. The SMILES string of the molecule is Cc1ccc(S(=O)(=O)CCC(=O)NCCc2ccccc2Br)cc1. The Morgan fingerprint density at radius 1 is 1.08 bits per heavy atom. The Labute approximate surface area is 151 Å². The number of nitrogens with one attached hydrogen (secondary N) is 1. The minimum absolute atomic E-state index is 0.0355. The summed E-state index contributed by atoms with van der Waals surface area (Å²) in [6, 6.07) is 14.5. The minimum Gasteiger partial charge on any atom is -0.356 e. The van der Waals surface area contributed by atoms with E-state index in [2.05, 4.69) is 21.2 Å². The number of rotatable bonds is 7. The van der Waals surface area contributed by atoms with E-state index in [0.717, 1.165) is 15.6 Å². The summed E-state index contributed by atoms with van der Waals surface area (Å²) in [7, 11) is -3.42. The van der Waals surface area contributed by atoms with E-state index in [0.29, 0.717) is 13.0 Å². The van der Waals surface area contributed by atoms with E-state index in [1.165, 1.54) is 0 Å². The third-order valence-electron chi connectivity index (χ3n) is 3.65. The van der Waals surface area contributed by atoms with E-state index < -0.39 is 9.84 Å². The molecule has 0 saturated carbocycles. The monoisotopic (exact) mass is 409 g/mol. The Morgan fingerprint density at radius 2 is 1.75 bits per heavy atom. The quantitative estimate of drug-likeness (QED) is 0.762. The number of aryl methyl sites for hydroxylation is 1. The molecule has 0 aliphatic carbocycles. The average Bonchev–Trinajstić information content (AvgIpc) is 2.55. The molecular formula is C18H20BrNO3S. The van der Waals surface area contributed by atoms with Crippen molar-refractivity contribution in [2.24, 2.45) is 0 Å². The fourth-order valence-corrected chi connectivity index (χ4v) is 3.94. The predicted molar refractivity (Wildman–Crippen MR) is 98.7 cm³/mol. The first-order valence-electron chi connectivity index (χ1n) is 7.68. The summed E-state index contributed by atoms with van der Waals surface area (Å²) in [6.45, 7) is 2.38. The normalized spacial score (nSPS) is 11.2. The van der Waals surface area contributed by atoms with Gasteiger partial charge >= 0.3 is 0 Å². The zero-order valence-corrected chi connectivity index (χ0v) is 15.9. The van der Waals surface area contributed by atoms with Gasteiger partial charge in [-0.15, -0.1) is 0 Å². The molecule has 24 heavy (non-hydrogen) atoms. The van der Waals surface area contributed by atoms with Crippen molar-refractivity contribution in [3.8, 4) is 0 Å². The lowest BCUT2D eigenvalue weighted by atomic mass is 10.1. The predicted octanol–water partition coefficient (Wildman–Crippen LogP) is 3.28. The maximum atomic E-state index is 12.2. The molecule has 1 N–H and O–H groups in total. The fourth-order valence-electron chi connectivity index (χ4n) is 2.22. The number of halogens is 1. The van der Waals surface area contributed by atoms with Crippen LogP contribution in [0.15, 0.2) is 57.9 Å². The summed E-state index contributed by atoms with van der Waals surface area (Å²) in [5.41, 5.74) is 2.10. The second-order valence-corrected chi connectivity index (χ2v) is 8.54. The third-order valence-corrected chi connectivity index (χ3v) is 6.16. The van der Waals surface area contributed by atoms with Gasteiger partial charge < -0.3 is 5.32 Å². The maximum absolute atomic E-state index is 12.2. The summed E-state index contributed by atoms with van der Waals surface area (Å²) in [5.74, 6) is -0.436.